The lowest BCUT2D eigenvalue weighted by molar-refractivity contribution is 0.413. The Bertz CT molecular complexity index is 594. The average molecular weight is 302 g/mol. The number of phenolic OH excluding ortho intramolecular Hbond substituents is 4. The summed E-state index contributed by atoms with van der Waals surface area (Å²) in [5, 5.41) is 39.7. The molecule has 2 aromatic carbocycles. The van der Waals surface area contributed by atoms with E-state index in [9.17, 15) is 20.4 Å². The van der Waals surface area contributed by atoms with Crippen LogP contribution in [0.15, 0.2) is 36.4 Å². The van der Waals surface area contributed by atoms with Crippen molar-refractivity contribution in [1.29, 1.82) is 0 Å². The lowest BCUT2D eigenvalue weighted by Crippen LogP contribution is -2.11. The van der Waals surface area contributed by atoms with Crippen LogP contribution in [0.1, 0.15) is 49.7 Å². The smallest absolute Gasteiger partial charge is 0.119 e. The van der Waals surface area contributed by atoms with Crippen molar-refractivity contribution in [3.8, 4) is 23.0 Å². The number of aromatic hydroxyl groups is 4. The summed E-state index contributed by atoms with van der Waals surface area (Å²) in [6, 6.07) is 8.96. The van der Waals surface area contributed by atoms with Crippen molar-refractivity contribution in [2.45, 2.75) is 38.5 Å². The fraction of sp³-hybridized carbons (Fsp3) is 0.333. The van der Waals surface area contributed by atoms with Gasteiger partial charge in [-0.25, -0.2) is 0 Å². The summed E-state index contributed by atoms with van der Waals surface area (Å²) >= 11 is 0. The number of phenols is 4. The summed E-state index contributed by atoms with van der Waals surface area (Å²) < 4.78 is 0. The molecule has 0 saturated heterocycles. The fourth-order valence-electron chi connectivity index (χ4n) is 3.12. The molecule has 0 saturated carbocycles. The van der Waals surface area contributed by atoms with E-state index in [1.54, 1.807) is 12.1 Å². The predicted molar refractivity (Wildman–Crippen MR) is 85.6 cm³/mol. The Labute approximate surface area is 130 Å². The van der Waals surface area contributed by atoms with Gasteiger partial charge < -0.3 is 20.4 Å². The summed E-state index contributed by atoms with van der Waals surface area (Å²) in [7, 11) is 0. The predicted octanol–water partition coefficient (Wildman–Crippen LogP) is 4.20. The molecule has 22 heavy (non-hydrogen) atoms. The van der Waals surface area contributed by atoms with Gasteiger partial charge in [0.05, 0.1) is 0 Å². The molecule has 2 aromatic rings. The third kappa shape index (κ3) is 3.11. The van der Waals surface area contributed by atoms with Gasteiger partial charge in [0, 0.05) is 11.1 Å². The molecular formula is C18H22O4. The molecule has 0 fully saturated rings. The quantitative estimate of drug-likeness (QED) is 0.624. The molecule has 0 amide bonds. The van der Waals surface area contributed by atoms with E-state index < -0.39 is 0 Å². The van der Waals surface area contributed by atoms with Gasteiger partial charge in [-0.05, 0) is 61.1 Å². The molecule has 0 bridgehead atoms. The molecule has 0 radical (unpaired) electrons. The van der Waals surface area contributed by atoms with Gasteiger partial charge in [-0.3, -0.25) is 0 Å². The van der Waals surface area contributed by atoms with E-state index >= 15 is 0 Å². The second-order valence-corrected chi connectivity index (χ2v) is 5.52. The van der Waals surface area contributed by atoms with Crippen LogP contribution in [-0.2, 0) is 0 Å². The second-order valence-electron chi connectivity index (χ2n) is 5.52. The van der Waals surface area contributed by atoms with Crippen LogP contribution < -0.4 is 0 Å². The highest BCUT2D eigenvalue weighted by atomic mass is 16.3. The van der Waals surface area contributed by atoms with Crippen molar-refractivity contribution in [2.24, 2.45) is 0 Å². The van der Waals surface area contributed by atoms with Crippen LogP contribution in [0.25, 0.3) is 0 Å². The Balaban J connectivity index is 2.51. The third-order valence-electron chi connectivity index (χ3n) is 4.19. The Hall–Kier alpha value is -2.36. The maximum absolute atomic E-state index is 10.1. The molecule has 0 heterocycles. The van der Waals surface area contributed by atoms with E-state index in [-0.39, 0.29) is 34.8 Å². The molecule has 2 rings (SSSR count). The van der Waals surface area contributed by atoms with Crippen LogP contribution in [0, 0.1) is 0 Å². The highest BCUT2D eigenvalue weighted by Gasteiger charge is 2.27. The largest absolute Gasteiger partial charge is 0.508 e. The minimum Gasteiger partial charge on any atom is -0.508 e. The molecule has 4 heteroatoms. The van der Waals surface area contributed by atoms with Crippen LogP contribution in [-0.4, -0.2) is 20.4 Å². The first-order chi connectivity index (χ1) is 10.5. The summed E-state index contributed by atoms with van der Waals surface area (Å²) in [5.74, 6) is 0.294. The van der Waals surface area contributed by atoms with Crippen LogP contribution in [0.2, 0.25) is 0 Å². The van der Waals surface area contributed by atoms with E-state index in [2.05, 4.69) is 0 Å². The lowest BCUT2D eigenvalue weighted by atomic mass is 9.77. The lowest BCUT2D eigenvalue weighted by Gasteiger charge is -2.27. The summed E-state index contributed by atoms with van der Waals surface area (Å²) in [6.45, 7) is 3.99. The van der Waals surface area contributed by atoms with Gasteiger partial charge in [0.2, 0.25) is 0 Å². The first-order valence-corrected chi connectivity index (χ1v) is 7.51. The highest BCUT2D eigenvalue weighted by Crippen LogP contribution is 2.45. The van der Waals surface area contributed by atoms with Crippen LogP contribution in [0.4, 0.5) is 0 Å². The zero-order valence-electron chi connectivity index (χ0n) is 12.8. The molecule has 0 aliphatic heterocycles. The van der Waals surface area contributed by atoms with Gasteiger partial charge in [-0.2, -0.15) is 0 Å². The minimum absolute atomic E-state index is 0.0789. The Kier molecular flexibility index (Phi) is 4.81. The molecule has 0 aromatic heterocycles. The molecule has 0 aliphatic rings. The van der Waals surface area contributed by atoms with E-state index in [0.29, 0.717) is 11.1 Å². The second kappa shape index (κ2) is 6.60. The molecule has 4 N–H and O–H groups in total. The number of rotatable bonds is 5. The normalized spacial score (nSPS) is 13.7. The Morgan fingerprint density at radius 1 is 0.682 bits per heavy atom. The van der Waals surface area contributed by atoms with Crippen molar-refractivity contribution in [3.05, 3.63) is 47.5 Å². The SMILES string of the molecule is CC[C@H](c1cc(O)ccc1O)[C@@H](CC)c1cc(O)ccc1O. The van der Waals surface area contributed by atoms with Crippen LogP contribution in [0.5, 0.6) is 23.0 Å². The van der Waals surface area contributed by atoms with Crippen molar-refractivity contribution in [2.75, 3.05) is 0 Å². The third-order valence-corrected chi connectivity index (χ3v) is 4.19. The summed E-state index contributed by atoms with van der Waals surface area (Å²) in [4.78, 5) is 0. The van der Waals surface area contributed by atoms with Crippen molar-refractivity contribution < 1.29 is 20.4 Å². The van der Waals surface area contributed by atoms with Gasteiger partial charge in [0.15, 0.2) is 0 Å². The number of hydrogen-bond acceptors (Lipinski definition) is 4. The van der Waals surface area contributed by atoms with Gasteiger partial charge in [0.1, 0.15) is 23.0 Å². The molecule has 0 aliphatic carbocycles. The van der Waals surface area contributed by atoms with Crippen LogP contribution >= 0.6 is 0 Å². The maximum atomic E-state index is 10.1. The molecule has 118 valence electrons. The first kappa shape index (κ1) is 16.0. The van der Waals surface area contributed by atoms with Crippen LogP contribution in [0.3, 0.4) is 0 Å². The molecule has 0 unspecified atom stereocenters. The molecule has 4 nitrogen and oxygen atoms in total. The van der Waals surface area contributed by atoms with Crippen molar-refractivity contribution in [1.82, 2.24) is 0 Å². The topological polar surface area (TPSA) is 80.9 Å². The van der Waals surface area contributed by atoms with Gasteiger partial charge in [0.25, 0.3) is 0 Å². The Morgan fingerprint density at radius 2 is 1.05 bits per heavy atom. The maximum Gasteiger partial charge on any atom is 0.119 e. The standard InChI is InChI=1S/C18H22O4/c1-3-13(15-9-11(19)5-7-17(15)21)14(4-2)16-10-12(20)6-8-18(16)22/h5-10,13-14,19-22H,3-4H2,1-2H3/t13-,14+. The summed E-state index contributed by atoms with van der Waals surface area (Å²) in [6.07, 6.45) is 1.45. The van der Waals surface area contributed by atoms with Gasteiger partial charge >= 0.3 is 0 Å². The highest BCUT2D eigenvalue weighted by molar-refractivity contribution is 5.46. The van der Waals surface area contributed by atoms with Gasteiger partial charge in [-0.1, -0.05) is 13.8 Å². The van der Waals surface area contributed by atoms with Crippen molar-refractivity contribution in [3.63, 3.8) is 0 Å². The van der Waals surface area contributed by atoms with E-state index in [1.807, 2.05) is 13.8 Å². The zero-order chi connectivity index (χ0) is 16.3. The average Bonchev–Trinajstić information content (AvgIpc) is 2.50. The van der Waals surface area contributed by atoms with E-state index in [4.69, 9.17) is 0 Å². The molecule has 2 atom stereocenters. The molecular weight excluding hydrogens is 280 g/mol. The van der Waals surface area contributed by atoms with E-state index in [1.165, 1.54) is 24.3 Å². The molecule has 0 spiro atoms. The fourth-order valence-corrected chi connectivity index (χ4v) is 3.12. The van der Waals surface area contributed by atoms with E-state index in [0.717, 1.165) is 12.8 Å². The monoisotopic (exact) mass is 302 g/mol. The van der Waals surface area contributed by atoms with Gasteiger partial charge in [-0.15, -0.1) is 0 Å². The minimum atomic E-state index is -0.0789. The summed E-state index contributed by atoms with van der Waals surface area (Å²) in [5.41, 5.74) is 1.30. The first-order valence-electron chi connectivity index (χ1n) is 7.51. The Morgan fingerprint density at radius 3 is 1.36 bits per heavy atom. The number of hydrogen-bond donors (Lipinski definition) is 4. The zero-order valence-corrected chi connectivity index (χ0v) is 12.8. The van der Waals surface area contributed by atoms with Crippen molar-refractivity contribution >= 4 is 0 Å². The number of benzene rings is 2.